The number of rotatable bonds is 6. The number of halogens is 6. The fraction of sp³-hybridized carbons (Fsp3) is 0.346. The number of piperidine rings is 1. The Labute approximate surface area is 244 Å². The zero-order valence-corrected chi connectivity index (χ0v) is 23.0. The summed E-state index contributed by atoms with van der Waals surface area (Å²) in [5, 5.41) is 25.8. The van der Waals surface area contributed by atoms with Crippen LogP contribution in [-0.4, -0.2) is 72.1 Å². The van der Waals surface area contributed by atoms with Gasteiger partial charge in [-0.25, -0.2) is 24.1 Å². The number of benzene rings is 1. The van der Waals surface area contributed by atoms with E-state index in [0.29, 0.717) is 5.92 Å². The molecule has 10 nitrogen and oxygen atoms in total. The van der Waals surface area contributed by atoms with Crippen LogP contribution < -0.4 is 5.32 Å². The van der Waals surface area contributed by atoms with Gasteiger partial charge in [0.1, 0.15) is 5.01 Å². The van der Waals surface area contributed by atoms with Crippen molar-refractivity contribution in [1.82, 2.24) is 24.5 Å². The van der Waals surface area contributed by atoms with E-state index in [1.54, 1.807) is 11.3 Å². The van der Waals surface area contributed by atoms with Crippen molar-refractivity contribution in [3.05, 3.63) is 76.6 Å². The third kappa shape index (κ3) is 10.8. The molecule has 232 valence electrons. The maximum Gasteiger partial charge on any atom is 0.490 e. The van der Waals surface area contributed by atoms with Crippen LogP contribution in [0.1, 0.15) is 35.2 Å². The van der Waals surface area contributed by atoms with E-state index in [2.05, 4.69) is 45.5 Å². The monoisotopic (exact) mass is 632 g/mol. The maximum absolute atomic E-state index is 10.6. The highest BCUT2D eigenvalue weighted by molar-refractivity contribution is 7.09. The van der Waals surface area contributed by atoms with E-state index in [4.69, 9.17) is 29.9 Å². The molecule has 1 fully saturated rings. The molecule has 1 aliphatic heterocycles. The Morgan fingerprint density at radius 3 is 2.09 bits per heavy atom. The van der Waals surface area contributed by atoms with E-state index in [9.17, 15) is 26.3 Å². The number of carboxylic acid groups (broad SMARTS) is 2. The molecular formula is C26H26F6N6O4S. The van der Waals surface area contributed by atoms with Crippen LogP contribution in [0.5, 0.6) is 0 Å². The Balaban J connectivity index is 0.000000303. The Bertz CT molecular complexity index is 1430. The number of hydrogen-bond donors (Lipinski definition) is 3. The molecule has 4 aromatic rings. The van der Waals surface area contributed by atoms with Crippen LogP contribution in [0.3, 0.4) is 0 Å². The number of anilines is 1. The van der Waals surface area contributed by atoms with E-state index in [1.807, 2.05) is 34.4 Å². The number of likely N-dealkylation sites (tertiary alicyclic amines) is 1. The molecule has 3 N–H and O–H groups in total. The Morgan fingerprint density at radius 2 is 1.56 bits per heavy atom. The lowest BCUT2D eigenvalue weighted by Gasteiger charge is -2.29. The normalized spacial score (nSPS) is 14.3. The third-order valence-electron chi connectivity index (χ3n) is 5.97. The van der Waals surface area contributed by atoms with Gasteiger partial charge in [-0.3, -0.25) is 4.90 Å². The molecule has 4 heterocycles. The van der Waals surface area contributed by atoms with E-state index in [0.717, 1.165) is 56.2 Å². The Kier molecular flexibility index (Phi) is 11.4. The fourth-order valence-electron chi connectivity index (χ4n) is 3.85. The molecule has 0 saturated carbocycles. The summed E-state index contributed by atoms with van der Waals surface area (Å²) in [6.45, 7) is 3.90. The first kappa shape index (κ1) is 33.3. The lowest BCUT2D eigenvalue weighted by atomic mass is 9.96. The Morgan fingerprint density at radius 1 is 0.953 bits per heavy atom. The Hall–Kier alpha value is -4.25. The third-order valence-corrected chi connectivity index (χ3v) is 6.73. The number of alkyl halides is 6. The number of aliphatic carboxylic acids is 2. The van der Waals surface area contributed by atoms with Gasteiger partial charge in [0.15, 0.2) is 11.5 Å². The van der Waals surface area contributed by atoms with Gasteiger partial charge in [-0.1, -0.05) is 30.3 Å². The quantitative estimate of drug-likeness (QED) is 0.238. The molecule has 1 aliphatic rings. The first-order chi connectivity index (χ1) is 20.2. The van der Waals surface area contributed by atoms with Gasteiger partial charge in [0.25, 0.3) is 0 Å². The average Bonchev–Trinajstić information content (AvgIpc) is 3.62. The highest BCUT2D eigenvalue weighted by atomic mass is 32.1. The largest absolute Gasteiger partial charge is 0.490 e. The van der Waals surface area contributed by atoms with Crippen molar-refractivity contribution in [2.24, 2.45) is 0 Å². The smallest absolute Gasteiger partial charge is 0.475 e. The van der Waals surface area contributed by atoms with E-state index >= 15 is 0 Å². The molecule has 17 heteroatoms. The number of carbonyl (C=O) groups is 2. The molecule has 0 spiro atoms. The van der Waals surface area contributed by atoms with E-state index in [1.165, 1.54) is 10.6 Å². The molecule has 0 aliphatic carbocycles. The average molecular weight is 633 g/mol. The summed E-state index contributed by atoms with van der Waals surface area (Å²) < 4.78 is 65.4. The zero-order chi connectivity index (χ0) is 31.6. The first-order valence-electron chi connectivity index (χ1n) is 12.6. The van der Waals surface area contributed by atoms with Gasteiger partial charge in [0, 0.05) is 24.0 Å². The number of fused-ring (bicyclic) bond motifs is 1. The standard InChI is InChI=1S/C22H24N6S.2C2HF3O2/c1-2-4-17(5-3-1)14-24-19-6-7-20-25-22(26-28(20)15-19)18-8-11-27(12-9-18)16-21-23-10-13-29-21;2*3-2(4,5)1(6)7/h1-7,10,13,15,18,24H,8-9,11-12,14,16H2;2*(H,6,7). The van der Waals surface area contributed by atoms with Crippen molar-refractivity contribution >= 4 is 34.6 Å². The molecular weight excluding hydrogens is 606 g/mol. The number of nitrogens with zero attached hydrogens (tertiary/aromatic N) is 5. The summed E-state index contributed by atoms with van der Waals surface area (Å²) in [4.78, 5) is 29.5. The SMILES string of the molecule is O=C(O)C(F)(F)F.O=C(O)C(F)(F)F.c1ccc(CNc2ccc3nc(C4CCN(Cc5nccs5)CC4)nn3c2)cc1. The first-order valence-corrected chi connectivity index (χ1v) is 13.5. The minimum Gasteiger partial charge on any atom is -0.475 e. The van der Waals surface area contributed by atoms with Gasteiger partial charge >= 0.3 is 24.3 Å². The predicted octanol–water partition coefficient (Wildman–Crippen LogP) is 5.44. The van der Waals surface area contributed by atoms with Crippen molar-refractivity contribution in [3.63, 3.8) is 0 Å². The molecule has 1 saturated heterocycles. The lowest BCUT2D eigenvalue weighted by Crippen LogP contribution is -2.32. The van der Waals surface area contributed by atoms with Crippen LogP contribution in [0.4, 0.5) is 32.0 Å². The summed E-state index contributed by atoms with van der Waals surface area (Å²) in [7, 11) is 0. The second kappa shape index (κ2) is 14.8. The van der Waals surface area contributed by atoms with Crippen LogP contribution >= 0.6 is 11.3 Å². The molecule has 0 bridgehead atoms. The minimum absolute atomic E-state index is 0.433. The summed E-state index contributed by atoms with van der Waals surface area (Å²) in [6, 6.07) is 14.5. The van der Waals surface area contributed by atoms with Crippen LogP contribution in [0.25, 0.3) is 5.65 Å². The van der Waals surface area contributed by atoms with Gasteiger partial charge in [0.05, 0.1) is 18.4 Å². The van der Waals surface area contributed by atoms with Crippen molar-refractivity contribution in [2.45, 2.75) is 44.2 Å². The topological polar surface area (TPSA) is 133 Å². The van der Waals surface area contributed by atoms with Crippen LogP contribution in [-0.2, 0) is 22.7 Å². The van der Waals surface area contributed by atoms with Crippen molar-refractivity contribution in [1.29, 1.82) is 0 Å². The van der Waals surface area contributed by atoms with E-state index < -0.39 is 24.3 Å². The molecule has 0 amide bonds. The highest BCUT2D eigenvalue weighted by Gasteiger charge is 2.38. The number of aromatic nitrogens is 4. The fourth-order valence-corrected chi connectivity index (χ4v) is 4.51. The van der Waals surface area contributed by atoms with Gasteiger partial charge in [-0.2, -0.15) is 31.4 Å². The van der Waals surface area contributed by atoms with Gasteiger partial charge < -0.3 is 15.5 Å². The number of nitrogens with one attached hydrogen (secondary N) is 1. The van der Waals surface area contributed by atoms with Gasteiger partial charge in [-0.05, 0) is 43.6 Å². The van der Waals surface area contributed by atoms with Crippen LogP contribution in [0, 0.1) is 0 Å². The van der Waals surface area contributed by atoms with Crippen LogP contribution in [0.15, 0.2) is 60.2 Å². The summed E-state index contributed by atoms with van der Waals surface area (Å²) in [5.74, 6) is -4.11. The number of hydrogen-bond acceptors (Lipinski definition) is 8. The number of carboxylic acids is 2. The predicted molar refractivity (Wildman–Crippen MR) is 144 cm³/mol. The second-order valence-corrected chi connectivity index (χ2v) is 10.1. The summed E-state index contributed by atoms with van der Waals surface area (Å²) >= 11 is 1.73. The molecule has 1 aromatic carbocycles. The van der Waals surface area contributed by atoms with Crippen molar-refractivity contribution in [3.8, 4) is 0 Å². The number of thiazole rings is 1. The van der Waals surface area contributed by atoms with Gasteiger partial charge in [0.2, 0.25) is 0 Å². The minimum atomic E-state index is -5.08. The van der Waals surface area contributed by atoms with Gasteiger partial charge in [-0.15, -0.1) is 11.3 Å². The second-order valence-electron chi connectivity index (χ2n) is 9.11. The van der Waals surface area contributed by atoms with Crippen molar-refractivity contribution in [2.75, 3.05) is 18.4 Å². The lowest BCUT2D eigenvalue weighted by molar-refractivity contribution is -0.193. The van der Waals surface area contributed by atoms with Crippen molar-refractivity contribution < 1.29 is 46.1 Å². The molecule has 3 aromatic heterocycles. The maximum atomic E-state index is 10.6. The molecule has 0 unspecified atom stereocenters. The summed E-state index contributed by atoms with van der Waals surface area (Å²) in [5.41, 5.74) is 3.22. The number of pyridine rings is 1. The molecule has 0 atom stereocenters. The molecule has 43 heavy (non-hydrogen) atoms. The molecule has 5 rings (SSSR count). The van der Waals surface area contributed by atoms with Crippen LogP contribution in [0.2, 0.25) is 0 Å². The zero-order valence-electron chi connectivity index (χ0n) is 22.2. The highest BCUT2D eigenvalue weighted by Crippen LogP contribution is 2.27. The summed E-state index contributed by atoms with van der Waals surface area (Å²) in [6.07, 6.45) is -4.05. The van der Waals surface area contributed by atoms with E-state index in [-0.39, 0.29) is 0 Å². The molecule has 0 radical (unpaired) electrons.